The van der Waals surface area contributed by atoms with E-state index in [1.54, 1.807) is 6.07 Å². The van der Waals surface area contributed by atoms with Crippen molar-refractivity contribution in [2.45, 2.75) is 26.4 Å². The summed E-state index contributed by atoms with van der Waals surface area (Å²) >= 11 is 0. The van der Waals surface area contributed by atoms with Crippen molar-refractivity contribution in [1.82, 2.24) is 5.32 Å². The van der Waals surface area contributed by atoms with Crippen LogP contribution in [-0.4, -0.2) is 24.2 Å². The van der Waals surface area contributed by atoms with Crippen molar-refractivity contribution in [3.05, 3.63) is 23.8 Å². The molecule has 0 saturated heterocycles. The first-order valence-corrected chi connectivity index (χ1v) is 5.48. The van der Waals surface area contributed by atoms with E-state index < -0.39 is 0 Å². The normalized spacial score (nSPS) is 16.3. The van der Waals surface area contributed by atoms with Gasteiger partial charge in [0.15, 0.2) is 0 Å². The molecule has 2 rings (SSSR count). The lowest BCUT2D eigenvalue weighted by atomic mass is 10.1. The van der Waals surface area contributed by atoms with Crippen LogP contribution >= 0.6 is 0 Å². The fraction of sp³-hybridized carbons (Fsp3) is 0.500. The first kappa shape index (κ1) is 10.3. The Balaban J connectivity index is 2.45. The minimum atomic E-state index is 0.396. The molecule has 0 bridgehead atoms. The molecule has 0 aliphatic carbocycles. The average molecular weight is 206 g/mol. The highest BCUT2D eigenvalue weighted by Crippen LogP contribution is 2.30. The van der Waals surface area contributed by atoms with E-state index in [-0.39, 0.29) is 0 Å². The number of hydrogen-bond acceptors (Lipinski definition) is 3. The number of hydrogen-bond donors (Lipinski definition) is 2. The van der Waals surface area contributed by atoms with E-state index in [2.05, 4.69) is 30.1 Å². The minimum Gasteiger partial charge on any atom is -0.508 e. The van der Waals surface area contributed by atoms with Crippen LogP contribution in [0.1, 0.15) is 19.4 Å². The zero-order valence-electron chi connectivity index (χ0n) is 9.33. The molecule has 1 heterocycles. The third kappa shape index (κ3) is 1.92. The van der Waals surface area contributed by atoms with E-state index >= 15 is 0 Å². The zero-order valence-corrected chi connectivity index (χ0v) is 9.33. The molecular formula is C12H18N2O. The molecule has 82 valence electrons. The highest BCUT2D eigenvalue weighted by Gasteiger charge is 2.18. The van der Waals surface area contributed by atoms with Crippen molar-refractivity contribution in [2.24, 2.45) is 0 Å². The summed E-state index contributed by atoms with van der Waals surface area (Å²) < 4.78 is 0. The molecule has 0 unspecified atom stereocenters. The smallest absolute Gasteiger partial charge is 0.122 e. The lowest BCUT2D eigenvalue weighted by molar-refractivity contribution is 0.466. The maximum Gasteiger partial charge on any atom is 0.122 e. The molecule has 15 heavy (non-hydrogen) atoms. The van der Waals surface area contributed by atoms with E-state index in [1.165, 1.54) is 0 Å². The Labute approximate surface area is 90.7 Å². The molecule has 0 saturated carbocycles. The third-order valence-electron chi connectivity index (χ3n) is 2.89. The van der Waals surface area contributed by atoms with Gasteiger partial charge in [0.25, 0.3) is 0 Å². The minimum absolute atomic E-state index is 0.396. The van der Waals surface area contributed by atoms with Gasteiger partial charge in [-0.25, -0.2) is 0 Å². The first-order chi connectivity index (χ1) is 7.20. The van der Waals surface area contributed by atoms with Crippen molar-refractivity contribution >= 4 is 5.69 Å². The van der Waals surface area contributed by atoms with Gasteiger partial charge >= 0.3 is 0 Å². The van der Waals surface area contributed by atoms with Gasteiger partial charge in [-0.1, -0.05) is 6.07 Å². The number of fused-ring (bicyclic) bond motifs is 1. The standard InChI is InChI=1S/C12H18N2O/c1-9(2)14-7-6-13-8-10-11(14)4-3-5-12(10)15/h3-5,9,13,15H,6-8H2,1-2H3. The lowest BCUT2D eigenvalue weighted by Gasteiger charge is -2.28. The summed E-state index contributed by atoms with van der Waals surface area (Å²) in [6.07, 6.45) is 0. The molecule has 1 aromatic rings. The molecule has 0 atom stereocenters. The van der Waals surface area contributed by atoms with Crippen molar-refractivity contribution in [2.75, 3.05) is 18.0 Å². The van der Waals surface area contributed by atoms with Crippen molar-refractivity contribution < 1.29 is 5.11 Å². The maximum absolute atomic E-state index is 9.81. The lowest BCUT2D eigenvalue weighted by Crippen LogP contribution is -2.34. The van der Waals surface area contributed by atoms with Gasteiger partial charge < -0.3 is 15.3 Å². The highest BCUT2D eigenvalue weighted by molar-refractivity contribution is 5.60. The van der Waals surface area contributed by atoms with Crippen LogP contribution in [0.5, 0.6) is 5.75 Å². The van der Waals surface area contributed by atoms with Crippen LogP contribution < -0.4 is 10.2 Å². The summed E-state index contributed by atoms with van der Waals surface area (Å²) in [5.41, 5.74) is 2.18. The number of nitrogens with one attached hydrogen (secondary N) is 1. The van der Waals surface area contributed by atoms with Gasteiger partial charge in [0.1, 0.15) is 5.75 Å². The van der Waals surface area contributed by atoms with Crippen molar-refractivity contribution in [1.29, 1.82) is 0 Å². The Morgan fingerprint density at radius 1 is 1.40 bits per heavy atom. The second-order valence-electron chi connectivity index (χ2n) is 4.24. The van der Waals surface area contributed by atoms with Crippen LogP contribution in [-0.2, 0) is 6.54 Å². The Kier molecular flexibility index (Phi) is 2.82. The van der Waals surface area contributed by atoms with E-state index in [0.717, 1.165) is 30.9 Å². The number of rotatable bonds is 1. The fourth-order valence-corrected chi connectivity index (χ4v) is 2.08. The second-order valence-corrected chi connectivity index (χ2v) is 4.24. The van der Waals surface area contributed by atoms with Gasteiger partial charge in [0.2, 0.25) is 0 Å². The van der Waals surface area contributed by atoms with E-state index in [0.29, 0.717) is 11.8 Å². The number of phenols is 1. The molecule has 0 aromatic heterocycles. The van der Waals surface area contributed by atoms with E-state index in [4.69, 9.17) is 0 Å². The molecule has 3 heteroatoms. The highest BCUT2D eigenvalue weighted by atomic mass is 16.3. The Morgan fingerprint density at radius 3 is 2.93 bits per heavy atom. The van der Waals surface area contributed by atoms with E-state index in [9.17, 15) is 5.11 Å². The summed E-state index contributed by atoms with van der Waals surface area (Å²) in [6.45, 7) is 7.07. The number of nitrogens with zero attached hydrogens (tertiary/aromatic N) is 1. The Bertz CT molecular complexity index is 349. The second kappa shape index (κ2) is 4.11. The van der Waals surface area contributed by atoms with Gasteiger partial charge in [0.05, 0.1) is 0 Å². The number of aromatic hydroxyl groups is 1. The van der Waals surface area contributed by atoms with Crippen LogP contribution in [0.25, 0.3) is 0 Å². The summed E-state index contributed by atoms with van der Waals surface area (Å²) in [5, 5.41) is 13.1. The molecule has 1 aromatic carbocycles. The predicted octanol–water partition coefficient (Wildman–Crippen LogP) is 1.71. The largest absolute Gasteiger partial charge is 0.508 e. The van der Waals surface area contributed by atoms with E-state index in [1.807, 2.05) is 6.07 Å². The van der Waals surface area contributed by atoms with Crippen LogP contribution in [0.15, 0.2) is 18.2 Å². The molecule has 1 aliphatic heterocycles. The van der Waals surface area contributed by atoms with Crippen LogP contribution in [0.3, 0.4) is 0 Å². The molecular weight excluding hydrogens is 188 g/mol. The number of phenolic OH excluding ortho intramolecular Hbond substituents is 1. The van der Waals surface area contributed by atoms with Crippen LogP contribution in [0, 0.1) is 0 Å². The molecule has 3 nitrogen and oxygen atoms in total. The SMILES string of the molecule is CC(C)N1CCNCc2c(O)cccc21. The van der Waals surface area contributed by atoms with Crippen molar-refractivity contribution in [3.8, 4) is 5.75 Å². The molecule has 2 N–H and O–H groups in total. The molecule has 0 radical (unpaired) electrons. The number of benzene rings is 1. The summed E-state index contributed by atoms with van der Waals surface area (Å²) in [5.74, 6) is 0.396. The van der Waals surface area contributed by atoms with Crippen molar-refractivity contribution in [3.63, 3.8) is 0 Å². The molecule has 0 fully saturated rings. The Hall–Kier alpha value is -1.22. The topological polar surface area (TPSA) is 35.5 Å². The molecule has 1 aliphatic rings. The Morgan fingerprint density at radius 2 is 2.20 bits per heavy atom. The number of anilines is 1. The van der Waals surface area contributed by atoms with Crippen LogP contribution in [0.4, 0.5) is 5.69 Å². The molecule has 0 spiro atoms. The van der Waals surface area contributed by atoms with Crippen LogP contribution in [0.2, 0.25) is 0 Å². The first-order valence-electron chi connectivity index (χ1n) is 5.48. The zero-order chi connectivity index (χ0) is 10.8. The van der Waals surface area contributed by atoms with Gasteiger partial charge in [-0.2, -0.15) is 0 Å². The summed E-state index contributed by atoms with van der Waals surface area (Å²) in [7, 11) is 0. The summed E-state index contributed by atoms with van der Waals surface area (Å²) in [4.78, 5) is 2.33. The predicted molar refractivity (Wildman–Crippen MR) is 62.3 cm³/mol. The maximum atomic E-state index is 9.81. The molecule has 0 amide bonds. The van der Waals surface area contributed by atoms with Gasteiger partial charge in [-0.05, 0) is 26.0 Å². The average Bonchev–Trinajstić information content (AvgIpc) is 2.40. The van der Waals surface area contributed by atoms with Gasteiger partial charge in [0, 0.05) is 36.9 Å². The fourth-order valence-electron chi connectivity index (χ4n) is 2.08. The monoisotopic (exact) mass is 206 g/mol. The quantitative estimate of drug-likeness (QED) is 0.734. The van der Waals surface area contributed by atoms with Gasteiger partial charge in [-0.15, -0.1) is 0 Å². The van der Waals surface area contributed by atoms with Gasteiger partial charge in [-0.3, -0.25) is 0 Å². The summed E-state index contributed by atoms with van der Waals surface area (Å²) in [6, 6.07) is 6.21. The third-order valence-corrected chi connectivity index (χ3v) is 2.89.